The molecule has 1 aromatic carbocycles. The van der Waals surface area contributed by atoms with E-state index in [1.165, 1.54) is 12.8 Å². The summed E-state index contributed by atoms with van der Waals surface area (Å²) in [5.74, 6) is 1.31. The molecular formula is C12H15Cl2NO. The molecule has 0 aromatic heterocycles. The quantitative estimate of drug-likeness (QED) is 0.891. The van der Waals surface area contributed by atoms with E-state index in [2.05, 4.69) is 5.32 Å². The average Bonchev–Trinajstić information content (AvgIpc) is 3.08. The molecule has 1 N–H and O–H groups in total. The van der Waals surface area contributed by atoms with Crippen LogP contribution >= 0.6 is 23.2 Å². The molecule has 2 nitrogen and oxygen atoms in total. The summed E-state index contributed by atoms with van der Waals surface area (Å²) in [5, 5.41) is 4.63. The van der Waals surface area contributed by atoms with Gasteiger partial charge in [-0.05, 0) is 37.4 Å². The number of benzene rings is 1. The summed E-state index contributed by atoms with van der Waals surface area (Å²) >= 11 is 12.4. The lowest BCUT2D eigenvalue weighted by molar-refractivity contribution is 0.414. The molecule has 0 radical (unpaired) electrons. The van der Waals surface area contributed by atoms with Crippen molar-refractivity contribution >= 4 is 23.2 Å². The summed E-state index contributed by atoms with van der Waals surface area (Å²) in [6.45, 7) is 0. The normalized spacial score (nSPS) is 17.2. The Bertz CT molecular complexity index is 391. The topological polar surface area (TPSA) is 21.3 Å². The Labute approximate surface area is 106 Å². The largest absolute Gasteiger partial charge is 0.495 e. The van der Waals surface area contributed by atoms with Gasteiger partial charge in [0.25, 0.3) is 0 Å². The first-order valence-electron chi connectivity index (χ1n) is 5.37. The Morgan fingerprint density at radius 1 is 1.31 bits per heavy atom. The van der Waals surface area contributed by atoms with Gasteiger partial charge in [0, 0.05) is 17.1 Å². The van der Waals surface area contributed by atoms with E-state index in [9.17, 15) is 0 Å². The number of hydrogen-bond acceptors (Lipinski definition) is 2. The second-order valence-corrected chi connectivity index (χ2v) is 4.93. The van der Waals surface area contributed by atoms with Gasteiger partial charge in [0.05, 0.1) is 12.1 Å². The zero-order valence-electron chi connectivity index (χ0n) is 9.39. The highest BCUT2D eigenvalue weighted by Gasteiger charge is 2.32. The second kappa shape index (κ2) is 4.82. The number of ether oxygens (including phenoxy) is 1. The summed E-state index contributed by atoms with van der Waals surface area (Å²) in [6, 6.07) is 3.99. The summed E-state index contributed by atoms with van der Waals surface area (Å²) in [4.78, 5) is 0. The Hall–Kier alpha value is -0.440. The van der Waals surface area contributed by atoms with E-state index >= 15 is 0 Å². The van der Waals surface area contributed by atoms with Crippen molar-refractivity contribution in [2.75, 3.05) is 14.2 Å². The van der Waals surface area contributed by atoms with Gasteiger partial charge in [0.1, 0.15) is 5.75 Å². The van der Waals surface area contributed by atoms with Crippen molar-refractivity contribution in [3.05, 3.63) is 27.7 Å². The van der Waals surface area contributed by atoms with Crippen molar-refractivity contribution in [2.45, 2.75) is 18.9 Å². The Morgan fingerprint density at radius 3 is 2.50 bits per heavy atom. The van der Waals surface area contributed by atoms with Crippen molar-refractivity contribution in [3.8, 4) is 5.75 Å². The van der Waals surface area contributed by atoms with Gasteiger partial charge in [0.2, 0.25) is 0 Å². The molecule has 0 saturated heterocycles. The van der Waals surface area contributed by atoms with E-state index < -0.39 is 0 Å². The SMILES string of the molecule is CNC(c1cc(Cl)c(OC)cc1Cl)C1CC1. The van der Waals surface area contributed by atoms with Crippen LogP contribution in [0, 0.1) is 5.92 Å². The number of methoxy groups -OCH3 is 1. The van der Waals surface area contributed by atoms with Crippen molar-refractivity contribution < 1.29 is 4.74 Å². The van der Waals surface area contributed by atoms with E-state index in [-0.39, 0.29) is 0 Å². The van der Waals surface area contributed by atoms with Crippen LogP contribution in [0.4, 0.5) is 0 Å². The molecule has 88 valence electrons. The van der Waals surface area contributed by atoms with Crippen LogP contribution in [0.2, 0.25) is 10.0 Å². The van der Waals surface area contributed by atoms with Gasteiger partial charge in [-0.2, -0.15) is 0 Å². The van der Waals surface area contributed by atoms with Crippen LogP contribution in [0.5, 0.6) is 5.75 Å². The molecule has 1 aliphatic carbocycles. The molecule has 1 aromatic rings. The van der Waals surface area contributed by atoms with E-state index in [0.29, 0.717) is 27.8 Å². The molecule has 1 atom stereocenters. The highest BCUT2D eigenvalue weighted by molar-refractivity contribution is 6.34. The summed E-state index contributed by atoms with van der Waals surface area (Å²) in [5.41, 5.74) is 1.07. The highest BCUT2D eigenvalue weighted by Crippen LogP contribution is 2.44. The van der Waals surface area contributed by atoms with Crippen LogP contribution in [-0.2, 0) is 0 Å². The van der Waals surface area contributed by atoms with Gasteiger partial charge in [-0.15, -0.1) is 0 Å². The fourth-order valence-electron chi connectivity index (χ4n) is 2.01. The maximum absolute atomic E-state index is 6.25. The summed E-state index contributed by atoms with van der Waals surface area (Å²) in [7, 11) is 3.55. The van der Waals surface area contributed by atoms with Gasteiger partial charge < -0.3 is 10.1 Å². The summed E-state index contributed by atoms with van der Waals surface area (Å²) < 4.78 is 5.13. The molecule has 1 unspecified atom stereocenters. The minimum Gasteiger partial charge on any atom is -0.495 e. The number of halogens is 2. The summed E-state index contributed by atoms with van der Waals surface area (Å²) in [6.07, 6.45) is 2.51. The third-order valence-electron chi connectivity index (χ3n) is 3.01. The van der Waals surface area contributed by atoms with Crippen LogP contribution in [-0.4, -0.2) is 14.2 Å². The van der Waals surface area contributed by atoms with E-state index in [0.717, 1.165) is 5.56 Å². The minimum atomic E-state index is 0.302. The third kappa shape index (κ3) is 2.29. The molecule has 0 heterocycles. The zero-order valence-corrected chi connectivity index (χ0v) is 10.9. The van der Waals surface area contributed by atoms with Crippen LogP contribution in [0.15, 0.2) is 12.1 Å². The fraction of sp³-hybridized carbons (Fsp3) is 0.500. The average molecular weight is 260 g/mol. The van der Waals surface area contributed by atoms with Crippen LogP contribution < -0.4 is 10.1 Å². The molecular weight excluding hydrogens is 245 g/mol. The molecule has 1 aliphatic rings. The second-order valence-electron chi connectivity index (χ2n) is 4.11. The molecule has 0 bridgehead atoms. The molecule has 4 heteroatoms. The van der Waals surface area contributed by atoms with Gasteiger partial charge in [0.15, 0.2) is 0 Å². The number of rotatable bonds is 4. The van der Waals surface area contributed by atoms with Crippen molar-refractivity contribution in [2.24, 2.45) is 5.92 Å². The standard InChI is InChI=1S/C12H15Cl2NO/c1-15-12(7-3-4-7)8-5-10(14)11(16-2)6-9(8)13/h5-7,12,15H,3-4H2,1-2H3. The first-order valence-corrected chi connectivity index (χ1v) is 6.13. The zero-order chi connectivity index (χ0) is 11.7. The smallest absolute Gasteiger partial charge is 0.138 e. The molecule has 1 saturated carbocycles. The minimum absolute atomic E-state index is 0.302. The molecule has 0 spiro atoms. The van der Waals surface area contributed by atoms with Crippen LogP contribution in [0.1, 0.15) is 24.4 Å². The lowest BCUT2D eigenvalue weighted by atomic mass is 10.0. The van der Waals surface area contributed by atoms with Gasteiger partial charge in [-0.25, -0.2) is 0 Å². The third-order valence-corrected chi connectivity index (χ3v) is 3.63. The van der Waals surface area contributed by atoms with Crippen LogP contribution in [0.25, 0.3) is 0 Å². The van der Waals surface area contributed by atoms with Crippen molar-refractivity contribution in [1.29, 1.82) is 0 Å². The van der Waals surface area contributed by atoms with Gasteiger partial charge in [-0.1, -0.05) is 23.2 Å². The molecule has 1 fully saturated rings. The fourth-order valence-corrected chi connectivity index (χ4v) is 2.53. The van der Waals surface area contributed by atoms with Crippen molar-refractivity contribution in [1.82, 2.24) is 5.32 Å². The predicted molar refractivity (Wildman–Crippen MR) is 67.5 cm³/mol. The Kier molecular flexibility index (Phi) is 3.63. The van der Waals surface area contributed by atoms with Crippen molar-refractivity contribution in [3.63, 3.8) is 0 Å². The maximum atomic E-state index is 6.25. The Balaban J connectivity index is 2.36. The van der Waals surface area contributed by atoms with E-state index in [4.69, 9.17) is 27.9 Å². The molecule has 2 rings (SSSR count). The number of nitrogens with one attached hydrogen (secondary N) is 1. The van der Waals surface area contributed by atoms with E-state index in [1.54, 1.807) is 13.2 Å². The Morgan fingerprint density at radius 2 is 2.00 bits per heavy atom. The molecule has 0 amide bonds. The van der Waals surface area contributed by atoms with E-state index in [1.807, 2.05) is 13.1 Å². The molecule has 0 aliphatic heterocycles. The lowest BCUT2D eigenvalue weighted by Crippen LogP contribution is -2.18. The molecule has 16 heavy (non-hydrogen) atoms. The first-order chi connectivity index (χ1) is 7.67. The first kappa shape index (κ1) is 12.0. The van der Waals surface area contributed by atoms with Gasteiger partial charge in [-0.3, -0.25) is 0 Å². The maximum Gasteiger partial charge on any atom is 0.138 e. The van der Waals surface area contributed by atoms with Crippen LogP contribution in [0.3, 0.4) is 0 Å². The highest BCUT2D eigenvalue weighted by atomic mass is 35.5. The van der Waals surface area contributed by atoms with Gasteiger partial charge >= 0.3 is 0 Å². The lowest BCUT2D eigenvalue weighted by Gasteiger charge is -2.18. The predicted octanol–water partition coefficient (Wildman–Crippen LogP) is 3.67. The monoisotopic (exact) mass is 259 g/mol. The number of hydrogen-bond donors (Lipinski definition) is 1.